The van der Waals surface area contributed by atoms with Crippen LogP contribution >= 0.6 is 0 Å². The minimum absolute atomic E-state index is 0.236. The van der Waals surface area contributed by atoms with Gasteiger partial charge in [0.15, 0.2) is 5.69 Å². The molecule has 2 aromatic rings. The van der Waals surface area contributed by atoms with Gasteiger partial charge in [0.1, 0.15) is 17.7 Å². The number of carbonyl (C=O) groups excluding carboxylic acids is 1. The molecule has 0 spiro atoms. The van der Waals surface area contributed by atoms with Gasteiger partial charge in [-0.2, -0.15) is 5.26 Å². The Morgan fingerprint density at radius 2 is 2.14 bits per heavy atom. The highest BCUT2D eigenvalue weighted by atomic mass is 19.1. The molecule has 0 atom stereocenters. The molecule has 0 saturated carbocycles. The number of benzene rings is 1. The van der Waals surface area contributed by atoms with E-state index >= 15 is 0 Å². The van der Waals surface area contributed by atoms with Crippen LogP contribution in [-0.4, -0.2) is 29.0 Å². The molecule has 112 valence electrons. The van der Waals surface area contributed by atoms with Crippen LogP contribution in [0.4, 0.5) is 10.2 Å². The number of halogens is 1. The molecule has 2 rings (SSSR count). The first-order chi connectivity index (χ1) is 10.6. The molecule has 6 nitrogen and oxygen atoms in total. The maximum absolute atomic E-state index is 13.4. The smallest absolute Gasteiger partial charge is 0.251 e. The zero-order valence-electron chi connectivity index (χ0n) is 11.9. The maximum Gasteiger partial charge on any atom is 0.251 e. The summed E-state index contributed by atoms with van der Waals surface area (Å²) in [6, 6.07) is 6.23. The van der Waals surface area contributed by atoms with Crippen LogP contribution in [0.25, 0.3) is 0 Å². The molecule has 0 aliphatic heterocycles. The Hall–Kier alpha value is -3.01. The quantitative estimate of drug-likeness (QED) is 0.819. The average Bonchev–Trinajstić information content (AvgIpc) is 2.54. The lowest BCUT2D eigenvalue weighted by Gasteiger charge is -2.07. The number of nitriles is 1. The van der Waals surface area contributed by atoms with Crippen LogP contribution in [-0.2, 0) is 0 Å². The molecular weight excluding hydrogens is 285 g/mol. The number of nitrogens with zero attached hydrogens (tertiary/aromatic N) is 3. The van der Waals surface area contributed by atoms with Crippen molar-refractivity contribution in [2.24, 2.45) is 0 Å². The highest BCUT2D eigenvalue weighted by Gasteiger charge is 2.07. The summed E-state index contributed by atoms with van der Waals surface area (Å²) in [6.07, 6.45) is 2.80. The van der Waals surface area contributed by atoms with E-state index in [0.717, 1.165) is 0 Å². The molecule has 0 unspecified atom stereocenters. The molecule has 22 heavy (non-hydrogen) atoms. The van der Waals surface area contributed by atoms with Crippen molar-refractivity contribution < 1.29 is 9.18 Å². The van der Waals surface area contributed by atoms with Crippen molar-refractivity contribution in [3.05, 3.63) is 53.2 Å². The first kappa shape index (κ1) is 15.4. The molecule has 1 aromatic carbocycles. The summed E-state index contributed by atoms with van der Waals surface area (Å²) in [5.41, 5.74) is 1.01. The fourth-order valence-corrected chi connectivity index (χ4v) is 1.68. The van der Waals surface area contributed by atoms with Gasteiger partial charge in [0.25, 0.3) is 5.91 Å². The van der Waals surface area contributed by atoms with Gasteiger partial charge in [-0.3, -0.25) is 4.79 Å². The third-order valence-corrected chi connectivity index (χ3v) is 2.92. The van der Waals surface area contributed by atoms with Gasteiger partial charge in [-0.15, -0.1) is 0 Å². The van der Waals surface area contributed by atoms with Crippen LogP contribution in [0.5, 0.6) is 0 Å². The Morgan fingerprint density at radius 1 is 1.32 bits per heavy atom. The number of rotatable bonds is 5. The van der Waals surface area contributed by atoms with Crippen LogP contribution in [0.1, 0.15) is 21.6 Å². The second-order valence-electron chi connectivity index (χ2n) is 4.55. The van der Waals surface area contributed by atoms with Gasteiger partial charge in [-0.25, -0.2) is 14.4 Å². The fraction of sp³-hybridized carbons (Fsp3) is 0.200. The molecule has 1 amide bonds. The van der Waals surface area contributed by atoms with Crippen molar-refractivity contribution in [2.75, 3.05) is 18.4 Å². The molecule has 0 aliphatic rings. The van der Waals surface area contributed by atoms with E-state index in [1.54, 1.807) is 19.1 Å². The second kappa shape index (κ2) is 7.13. The normalized spacial score (nSPS) is 9.86. The van der Waals surface area contributed by atoms with Crippen LogP contribution < -0.4 is 10.6 Å². The summed E-state index contributed by atoms with van der Waals surface area (Å²) in [4.78, 5) is 19.7. The summed E-state index contributed by atoms with van der Waals surface area (Å²) in [7, 11) is 0. The van der Waals surface area contributed by atoms with Crippen LogP contribution in [0.3, 0.4) is 0 Å². The van der Waals surface area contributed by atoms with Crippen LogP contribution in [0.15, 0.2) is 30.6 Å². The molecule has 2 N–H and O–H groups in total. The van der Waals surface area contributed by atoms with Gasteiger partial charge in [0, 0.05) is 18.7 Å². The Kier molecular flexibility index (Phi) is 4.98. The lowest BCUT2D eigenvalue weighted by Crippen LogP contribution is -2.29. The van der Waals surface area contributed by atoms with E-state index in [-0.39, 0.29) is 17.2 Å². The number of amides is 1. The third-order valence-electron chi connectivity index (χ3n) is 2.92. The third kappa shape index (κ3) is 3.99. The number of hydrogen-bond donors (Lipinski definition) is 2. The molecule has 0 aliphatic carbocycles. The zero-order valence-corrected chi connectivity index (χ0v) is 11.9. The molecule has 0 saturated heterocycles. The predicted octanol–water partition coefficient (Wildman–Crippen LogP) is 1.64. The van der Waals surface area contributed by atoms with Gasteiger partial charge < -0.3 is 10.6 Å². The van der Waals surface area contributed by atoms with Crippen LogP contribution in [0.2, 0.25) is 0 Å². The monoisotopic (exact) mass is 299 g/mol. The SMILES string of the molecule is Cc1ccc(C(=O)NCCNc2cnc(C#N)cn2)cc1F. The topological polar surface area (TPSA) is 90.7 Å². The average molecular weight is 299 g/mol. The van der Waals surface area contributed by atoms with Gasteiger partial charge >= 0.3 is 0 Å². The first-order valence-corrected chi connectivity index (χ1v) is 6.60. The summed E-state index contributed by atoms with van der Waals surface area (Å²) in [6.45, 7) is 2.41. The Morgan fingerprint density at radius 3 is 2.77 bits per heavy atom. The van der Waals surface area contributed by atoms with Gasteiger partial charge in [-0.1, -0.05) is 6.07 Å². The largest absolute Gasteiger partial charge is 0.367 e. The molecule has 7 heteroatoms. The number of aromatic nitrogens is 2. The minimum Gasteiger partial charge on any atom is -0.367 e. The number of anilines is 1. The summed E-state index contributed by atoms with van der Waals surface area (Å²) < 4.78 is 13.4. The lowest BCUT2D eigenvalue weighted by molar-refractivity contribution is 0.0954. The Labute approximate surface area is 127 Å². The van der Waals surface area contributed by atoms with Crippen LogP contribution in [0, 0.1) is 24.1 Å². The summed E-state index contributed by atoms with van der Waals surface area (Å²) in [5.74, 6) is -0.236. The number of nitrogens with one attached hydrogen (secondary N) is 2. The zero-order chi connectivity index (χ0) is 15.9. The fourth-order valence-electron chi connectivity index (χ4n) is 1.68. The molecular formula is C15H14FN5O. The predicted molar refractivity (Wildman–Crippen MR) is 78.7 cm³/mol. The van der Waals surface area contributed by atoms with Gasteiger partial charge in [0.05, 0.1) is 12.4 Å². The molecule has 1 aromatic heterocycles. The van der Waals surface area contributed by atoms with E-state index in [1.807, 2.05) is 6.07 Å². The van der Waals surface area contributed by atoms with Crippen molar-refractivity contribution in [1.82, 2.24) is 15.3 Å². The highest BCUT2D eigenvalue weighted by molar-refractivity contribution is 5.94. The van der Waals surface area contributed by atoms with Crippen molar-refractivity contribution in [3.8, 4) is 6.07 Å². The first-order valence-electron chi connectivity index (χ1n) is 6.60. The maximum atomic E-state index is 13.4. The molecule has 1 heterocycles. The number of carbonyl (C=O) groups is 1. The van der Waals surface area contributed by atoms with Gasteiger partial charge in [-0.05, 0) is 24.6 Å². The summed E-state index contributed by atoms with van der Waals surface area (Å²) in [5, 5.41) is 14.2. The molecule has 0 radical (unpaired) electrons. The Bertz CT molecular complexity index is 709. The minimum atomic E-state index is -0.404. The standard InChI is InChI=1S/C15H14FN5O/c1-10-2-3-11(6-13(10)16)15(22)19-5-4-18-14-9-20-12(7-17)8-21-14/h2-3,6,8-9H,4-5H2,1H3,(H,18,21)(H,19,22). The number of hydrogen-bond acceptors (Lipinski definition) is 5. The van der Waals surface area contributed by atoms with E-state index in [1.165, 1.54) is 18.5 Å². The molecule has 0 fully saturated rings. The van der Waals surface area contributed by atoms with Crippen molar-refractivity contribution >= 4 is 11.7 Å². The van der Waals surface area contributed by atoms with Crippen molar-refractivity contribution in [2.45, 2.75) is 6.92 Å². The lowest BCUT2D eigenvalue weighted by atomic mass is 10.1. The van der Waals surface area contributed by atoms with E-state index in [9.17, 15) is 9.18 Å². The van der Waals surface area contributed by atoms with Crippen molar-refractivity contribution in [1.29, 1.82) is 5.26 Å². The van der Waals surface area contributed by atoms with E-state index in [4.69, 9.17) is 5.26 Å². The number of aryl methyl sites for hydroxylation is 1. The van der Waals surface area contributed by atoms with Crippen molar-refractivity contribution in [3.63, 3.8) is 0 Å². The second-order valence-corrected chi connectivity index (χ2v) is 4.55. The molecule has 0 bridgehead atoms. The van der Waals surface area contributed by atoms with E-state index < -0.39 is 5.82 Å². The highest BCUT2D eigenvalue weighted by Crippen LogP contribution is 2.08. The summed E-state index contributed by atoms with van der Waals surface area (Å²) >= 11 is 0. The Balaban J connectivity index is 1.79. The van der Waals surface area contributed by atoms with Gasteiger partial charge in [0.2, 0.25) is 0 Å². The van der Waals surface area contributed by atoms with E-state index in [2.05, 4.69) is 20.6 Å². The van der Waals surface area contributed by atoms with E-state index in [0.29, 0.717) is 24.5 Å².